The molecule has 0 spiro atoms. The zero-order chi connectivity index (χ0) is 13.8. The van der Waals surface area contributed by atoms with Crippen LogP contribution < -0.4 is 10.1 Å². The van der Waals surface area contributed by atoms with Crippen LogP contribution >= 0.6 is 0 Å². The number of aromatic nitrogens is 1. The maximum absolute atomic E-state index is 12.1. The van der Waals surface area contributed by atoms with Gasteiger partial charge in [-0.15, -0.1) is 0 Å². The first-order valence-electron chi connectivity index (χ1n) is 5.94. The van der Waals surface area contributed by atoms with Gasteiger partial charge >= 0.3 is 6.61 Å². The smallest absolute Gasteiger partial charge is 0.388 e. The number of hydrogen-bond donors (Lipinski definition) is 1. The summed E-state index contributed by atoms with van der Waals surface area (Å²) in [6, 6.07) is 2.81. The summed E-state index contributed by atoms with van der Waals surface area (Å²) in [7, 11) is 0. The third-order valence-corrected chi connectivity index (χ3v) is 2.78. The Bertz CT molecular complexity index is 503. The number of rotatable bonds is 4. The number of ketones is 1. The van der Waals surface area contributed by atoms with Crippen molar-refractivity contribution in [3.05, 3.63) is 35.5 Å². The van der Waals surface area contributed by atoms with Crippen molar-refractivity contribution in [3.63, 3.8) is 0 Å². The fraction of sp³-hybridized carbons (Fsp3) is 0.385. The molecule has 1 N–H and O–H groups in total. The van der Waals surface area contributed by atoms with Gasteiger partial charge in [0.1, 0.15) is 5.69 Å². The third kappa shape index (κ3) is 3.35. The number of hydrogen-bond acceptors (Lipinski definition) is 4. The van der Waals surface area contributed by atoms with E-state index in [-0.39, 0.29) is 23.4 Å². The molecule has 0 aliphatic carbocycles. The Balaban J connectivity index is 2.34. The van der Waals surface area contributed by atoms with Crippen LogP contribution in [0.4, 0.5) is 8.78 Å². The molecule has 4 nitrogen and oxygen atoms in total. The quantitative estimate of drug-likeness (QED) is 0.673. The van der Waals surface area contributed by atoms with Crippen molar-refractivity contribution >= 4 is 5.78 Å². The molecule has 6 heteroatoms. The minimum atomic E-state index is -2.95. The molecule has 0 saturated heterocycles. The van der Waals surface area contributed by atoms with Crippen LogP contribution in [0, 0.1) is 0 Å². The second kappa shape index (κ2) is 5.88. The first-order chi connectivity index (χ1) is 9.08. The molecular formula is C13H14F2N2O2. The van der Waals surface area contributed by atoms with Gasteiger partial charge < -0.3 is 10.1 Å². The highest BCUT2D eigenvalue weighted by Crippen LogP contribution is 2.24. The number of Topliss-reactive ketones (excluding diaryl/α,β-unsaturated/α-hetero) is 1. The number of ether oxygens (including phenoxy) is 1. The van der Waals surface area contributed by atoms with Gasteiger partial charge in [-0.1, -0.05) is 12.2 Å². The number of halogens is 2. The van der Waals surface area contributed by atoms with Gasteiger partial charge in [0.15, 0.2) is 5.78 Å². The van der Waals surface area contributed by atoms with E-state index >= 15 is 0 Å². The number of carbonyl (C=O) groups is 1. The van der Waals surface area contributed by atoms with E-state index in [1.54, 1.807) is 6.07 Å². The van der Waals surface area contributed by atoms with Gasteiger partial charge in [-0.2, -0.15) is 8.78 Å². The minimum Gasteiger partial charge on any atom is -0.417 e. The summed E-state index contributed by atoms with van der Waals surface area (Å²) in [6.07, 6.45) is 4.86. The van der Waals surface area contributed by atoms with Gasteiger partial charge in [-0.25, -0.2) is 4.98 Å². The molecule has 0 unspecified atom stereocenters. The molecule has 0 fully saturated rings. The van der Waals surface area contributed by atoms with E-state index in [0.717, 1.165) is 13.0 Å². The molecule has 1 aromatic heterocycles. The van der Waals surface area contributed by atoms with Crippen molar-refractivity contribution in [2.24, 2.45) is 0 Å². The highest BCUT2D eigenvalue weighted by molar-refractivity contribution is 5.94. The maximum atomic E-state index is 12.1. The SMILES string of the molecule is CC(=O)c1nc(OC(F)F)ccc1[C@H]1C=CCCN1. The van der Waals surface area contributed by atoms with Crippen LogP contribution in [-0.4, -0.2) is 23.9 Å². The standard InChI is InChI=1S/C13H14F2N2O2/c1-8(18)12-9(10-4-2-3-7-16-10)5-6-11(17-12)19-13(14)15/h2,4-6,10,13,16H,3,7H2,1H3/t10-/m1/s1. The van der Waals surface area contributed by atoms with E-state index in [1.807, 2.05) is 12.2 Å². The van der Waals surface area contributed by atoms with Crippen LogP contribution in [0.2, 0.25) is 0 Å². The van der Waals surface area contributed by atoms with Gasteiger partial charge in [0.05, 0.1) is 6.04 Å². The van der Waals surface area contributed by atoms with Crippen LogP contribution in [-0.2, 0) is 0 Å². The molecule has 2 heterocycles. The van der Waals surface area contributed by atoms with Crippen molar-refractivity contribution < 1.29 is 18.3 Å². The van der Waals surface area contributed by atoms with E-state index in [0.29, 0.717) is 5.56 Å². The van der Waals surface area contributed by atoms with Crippen LogP contribution in [0.15, 0.2) is 24.3 Å². The number of pyridine rings is 1. The number of nitrogens with one attached hydrogen (secondary N) is 1. The summed E-state index contributed by atoms with van der Waals surface area (Å²) in [6.45, 7) is -0.802. The maximum Gasteiger partial charge on any atom is 0.388 e. The summed E-state index contributed by atoms with van der Waals surface area (Å²) in [5.41, 5.74) is 0.826. The molecule has 19 heavy (non-hydrogen) atoms. The average Bonchev–Trinajstić information content (AvgIpc) is 2.39. The molecule has 1 atom stereocenters. The van der Waals surface area contributed by atoms with Gasteiger partial charge in [0, 0.05) is 18.6 Å². The first kappa shape index (κ1) is 13.6. The van der Waals surface area contributed by atoms with E-state index in [2.05, 4.69) is 15.0 Å². The average molecular weight is 268 g/mol. The second-order valence-electron chi connectivity index (χ2n) is 4.17. The lowest BCUT2D eigenvalue weighted by molar-refractivity contribution is -0.0529. The predicted octanol–water partition coefficient (Wildman–Crippen LogP) is 2.48. The zero-order valence-corrected chi connectivity index (χ0v) is 10.4. The summed E-state index contributed by atoms with van der Waals surface area (Å²) < 4.78 is 28.5. The van der Waals surface area contributed by atoms with Gasteiger partial charge in [0.25, 0.3) is 0 Å². The lowest BCUT2D eigenvalue weighted by Crippen LogP contribution is -2.25. The normalized spacial score (nSPS) is 18.6. The highest BCUT2D eigenvalue weighted by atomic mass is 19.3. The van der Waals surface area contributed by atoms with Crippen molar-refractivity contribution in [1.29, 1.82) is 0 Å². The largest absolute Gasteiger partial charge is 0.417 e. The van der Waals surface area contributed by atoms with Gasteiger partial charge in [-0.05, 0) is 19.0 Å². The zero-order valence-electron chi connectivity index (χ0n) is 10.4. The Hall–Kier alpha value is -1.82. The summed E-state index contributed by atoms with van der Waals surface area (Å²) >= 11 is 0. The third-order valence-electron chi connectivity index (χ3n) is 2.78. The molecule has 0 bridgehead atoms. The van der Waals surface area contributed by atoms with Crippen LogP contribution in [0.5, 0.6) is 5.88 Å². The fourth-order valence-corrected chi connectivity index (χ4v) is 1.98. The van der Waals surface area contributed by atoms with Crippen molar-refractivity contribution in [1.82, 2.24) is 10.3 Å². The van der Waals surface area contributed by atoms with Gasteiger partial charge in [-0.3, -0.25) is 4.79 Å². The van der Waals surface area contributed by atoms with E-state index in [9.17, 15) is 13.6 Å². The van der Waals surface area contributed by atoms with Crippen LogP contribution in [0.1, 0.15) is 35.4 Å². The Kier molecular flexibility index (Phi) is 4.21. The number of alkyl halides is 2. The van der Waals surface area contributed by atoms with Crippen LogP contribution in [0.3, 0.4) is 0 Å². The van der Waals surface area contributed by atoms with Crippen molar-refractivity contribution in [2.75, 3.05) is 6.54 Å². The summed E-state index contributed by atoms with van der Waals surface area (Å²) in [4.78, 5) is 15.5. The lowest BCUT2D eigenvalue weighted by atomic mass is 10.00. The lowest BCUT2D eigenvalue weighted by Gasteiger charge is -2.20. The highest BCUT2D eigenvalue weighted by Gasteiger charge is 2.19. The Morgan fingerprint density at radius 1 is 1.53 bits per heavy atom. The fourth-order valence-electron chi connectivity index (χ4n) is 1.98. The van der Waals surface area contributed by atoms with Crippen LogP contribution in [0.25, 0.3) is 0 Å². The molecule has 1 aliphatic rings. The van der Waals surface area contributed by atoms with E-state index < -0.39 is 6.61 Å². The van der Waals surface area contributed by atoms with E-state index in [4.69, 9.17) is 0 Å². The molecule has 0 aromatic carbocycles. The Labute approximate surface area is 109 Å². The van der Waals surface area contributed by atoms with Crippen molar-refractivity contribution in [2.45, 2.75) is 26.0 Å². The van der Waals surface area contributed by atoms with Gasteiger partial charge in [0.2, 0.25) is 5.88 Å². The van der Waals surface area contributed by atoms with Crippen molar-refractivity contribution in [3.8, 4) is 5.88 Å². The molecule has 2 rings (SSSR count). The number of carbonyl (C=O) groups excluding carboxylic acids is 1. The minimum absolute atomic E-state index is 0.124. The monoisotopic (exact) mass is 268 g/mol. The molecule has 0 saturated carbocycles. The predicted molar refractivity (Wildman–Crippen MR) is 65.4 cm³/mol. The summed E-state index contributed by atoms with van der Waals surface area (Å²) in [5.74, 6) is -0.528. The molecule has 0 amide bonds. The second-order valence-corrected chi connectivity index (χ2v) is 4.17. The topological polar surface area (TPSA) is 51.2 Å². The molecule has 0 radical (unpaired) electrons. The molecule has 1 aliphatic heterocycles. The number of nitrogens with zero attached hydrogens (tertiary/aromatic N) is 1. The van der Waals surface area contributed by atoms with E-state index in [1.165, 1.54) is 13.0 Å². The summed E-state index contributed by atoms with van der Waals surface area (Å²) in [5, 5.41) is 3.22. The first-order valence-corrected chi connectivity index (χ1v) is 5.94. The Morgan fingerprint density at radius 3 is 2.89 bits per heavy atom. The Morgan fingerprint density at radius 2 is 2.32 bits per heavy atom. The molecule has 102 valence electrons. The molecule has 1 aromatic rings. The molecular weight excluding hydrogens is 254 g/mol.